The van der Waals surface area contributed by atoms with Crippen LogP contribution in [0.5, 0.6) is 23.1 Å². The molecule has 7 rings (SSSR count). The number of benzene rings is 2. The van der Waals surface area contributed by atoms with Crippen molar-refractivity contribution in [2.75, 3.05) is 20.8 Å². The monoisotopic (exact) mass is 981 g/mol. The van der Waals surface area contributed by atoms with Gasteiger partial charge in [-0.05, 0) is 127 Å². The van der Waals surface area contributed by atoms with Crippen LogP contribution >= 0.6 is 0 Å². The highest BCUT2D eigenvalue weighted by molar-refractivity contribution is 7.91. The Hall–Kier alpha value is -5.72. The number of carbonyl (C=O) groups is 4. The number of amides is 4. The number of hydrogen-bond acceptors (Lipinski definition) is 11. The zero-order chi connectivity index (χ0) is 50.6. The maximum atomic E-state index is 15.6. The molecule has 4 aliphatic rings. The van der Waals surface area contributed by atoms with Crippen molar-refractivity contribution in [3.8, 4) is 34.4 Å². The Morgan fingerprint density at radius 2 is 1.67 bits per heavy atom. The van der Waals surface area contributed by atoms with Gasteiger partial charge in [0, 0.05) is 35.6 Å². The second-order valence-corrected chi connectivity index (χ2v) is 22.6. The highest BCUT2D eigenvalue weighted by Crippen LogP contribution is 2.48. The number of carbonyl (C=O) groups excluding carboxylic acids is 3. The van der Waals surface area contributed by atoms with Crippen LogP contribution in [0.1, 0.15) is 100 Å². The molecule has 16 nitrogen and oxygen atoms in total. The van der Waals surface area contributed by atoms with Crippen LogP contribution < -0.4 is 29.0 Å². The van der Waals surface area contributed by atoms with E-state index in [1.54, 1.807) is 43.3 Å². The Bertz CT molecular complexity index is 2620. The molecule has 2 aliphatic carbocycles. The van der Waals surface area contributed by atoms with Gasteiger partial charge in [0.25, 0.3) is 11.8 Å². The molecular formula is C50H65F2N5O11S. The smallest absolute Gasteiger partial charge is 0.408 e. The van der Waals surface area contributed by atoms with E-state index in [1.807, 2.05) is 39.0 Å². The predicted octanol–water partition coefficient (Wildman–Crippen LogP) is 7.72. The normalized spacial score (nSPS) is 26.2. The van der Waals surface area contributed by atoms with Gasteiger partial charge in [-0.2, -0.15) is 0 Å². The van der Waals surface area contributed by atoms with E-state index < -0.39 is 85.6 Å². The van der Waals surface area contributed by atoms with Gasteiger partial charge in [0.05, 0.1) is 31.6 Å². The van der Waals surface area contributed by atoms with E-state index in [0.29, 0.717) is 76.8 Å². The Labute approximate surface area is 402 Å². The van der Waals surface area contributed by atoms with Crippen LogP contribution in [0.25, 0.3) is 22.0 Å². The number of halogens is 2. The van der Waals surface area contributed by atoms with Gasteiger partial charge in [-0.1, -0.05) is 26.0 Å². The number of hydrogen-bond donors (Lipinski definition) is 3. The van der Waals surface area contributed by atoms with Crippen LogP contribution in [0.4, 0.5) is 13.6 Å². The van der Waals surface area contributed by atoms with E-state index in [9.17, 15) is 27.9 Å². The van der Waals surface area contributed by atoms with Crippen LogP contribution in [-0.4, -0.2) is 119 Å². The van der Waals surface area contributed by atoms with Gasteiger partial charge in [-0.15, -0.1) is 0 Å². The lowest BCUT2D eigenvalue weighted by molar-refractivity contribution is -0.156. The quantitative estimate of drug-likeness (QED) is 0.141. The third kappa shape index (κ3) is 10.0. The summed E-state index contributed by atoms with van der Waals surface area (Å²) in [5, 5.41) is 14.7. The molecule has 3 fully saturated rings. The number of alkyl halides is 2. The topological polar surface area (TPSA) is 203 Å². The van der Waals surface area contributed by atoms with Gasteiger partial charge in [0.1, 0.15) is 46.5 Å². The summed E-state index contributed by atoms with van der Waals surface area (Å²) >= 11 is 0. The number of methoxy groups -OCH3 is 2. The molecule has 376 valence electrons. The second kappa shape index (κ2) is 18.9. The van der Waals surface area contributed by atoms with Crippen molar-refractivity contribution < 1.29 is 60.4 Å². The van der Waals surface area contributed by atoms with E-state index in [2.05, 4.69) is 10.0 Å². The summed E-state index contributed by atoms with van der Waals surface area (Å²) in [6.45, 7) is 11.3. The maximum Gasteiger partial charge on any atom is 0.408 e. The lowest BCUT2D eigenvalue weighted by Crippen LogP contribution is -2.66. The summed E-state index contributed by atoms with van der Waals surface area (Å²) in [6.07, 6.45) is 2.67. The number of nitrogens with zero attached hydrogens (tertiary/aromatic N) is 3. The molecule has 0 spiro atoms. The summed E-state index contributed by atoms with van der Waals surface area (Å²) in [5.74, 6) is -6.24. The zero-order valence-electron chi connectivity index (χ0n) is 40.9. The summed E-state index contributed by atoms with van der Waals surface area (Å²) < 4.78 is 83.2. The number of allylic oxidation sites excluding steroid dienone is 1. The summed E-state index contributed by atoms with van der Waals surface area (Å²) in [7, 11) is -1.11. The molecule has 3 N–H and O–H groups in total. The number of rotatable bonds is 13. The number of carboxylic acid groups (broad SMARTS) is 1. The molecule has 3 heterocycles. The largest absolute Gasteiger partial charge is 0.497 e. The van der Waals surface area contributed by atoms with Gasteiger partial charge >= 0.3 is 6.09 Å². The zero-order valence-corrected chi connectivity index (χ0v) is 41.7. The van der Waals surface area contributed by atoms with Crippen molar-refractivity contribution in [1.82, 2.24) is 24.8 Å². The molecule has 69 heavy (non-hydrogen) atoms. The third-order valence-electron chi connectivity index (χ3n) is 14.5. The first-order valence-electron chi connectivity index (χ1n) is 23.5. The third-order valence-corrected chi connectivity index (χ3v) is 16.6. The van der Waals surface area contributed by atoms with Crippen molar-refractivity contribution in [2.45, 2.75) is 146 Å². The molecule has 1 saturated heterocycles. The lowest BCUT2D eigenvalue weighted by atomic mass is 9.84. The predicted molar refractivity (Wildman–Crippen MR) is 254 cm³/mol. The summed E-state index contributed by atoms with van der Waals surface area (Å²) in [6, 6.07) is 9.24. The molecular weight excluding hydrogens is 917 g/mol. The molecule has 0 unspecified atom stereocenters. The van der Waals surface area contributed by atoms with E-state index in [1.165, 1.54) is 21.1 Å². The highest BCUT2D eigenvalue weighted by atomic mass is 32.2. The summed E-state index contributed by atoms with van der Waals surface area (Å²) in [4.78, 5) is 64.6. The van der Waals surface area contributed by atoms with Crippen molar-refractivity contribution in [3.63, 3.8) is 0 Å². The Morgan fingerprint density at radius 1 is 1.00 bits per heavy atom. The average Bonchev–Trinajstić information content (AvgIpc) is 4.15. The number of nitrogens with one attached hydrogen (secondary N) is 2. The van der Waals surface area contributed by atoms with Gasteiger partial charge in [0.2, 0.25) is 27.7 Å². The van der Waals surface area contributed by atoms with Crippen LogP contribution in [0, 0.1) is 17.8 Å². The van der Waals surface area contributed by atoms with Gasteiger partial charge in [-0.25, -0.2) is 27.0 Å². The van der Waals surface area contributed by atoms with Crippen LogP contribution in [0.3, 0.4) is 0 Å². The fourth-order valence-electron chi connectivity index (χ4n) is 9.64. The number of ether oxygens (including phenoxy) is 4. The minimum absolute atomic E-state index is 0.0637. The standard InChI is InChI=1S/C50H65F2N5O11S/c1-28(2)67-33-17-15-31(16-18-33)39-41(66-10)37-24-34(65-9)19-20-36(37)43(53-39)68-35-25-38-42(58)54-50(45(60)55-69(63,64)48(7)21-22-48)26-32(50)14-12-11-13-29(3)23-30(4)40(44(59)56(38)27-35)57(46(61)62)47(5,6)49(8,51)52/h12,14-20,24,28-30,32,35,38,40H,11,13,21-23,25-27H2,1-10H3,(H,54,58)(H,55,60)(H,61,62)/t29-,30-,32-,35-,38+,40+,50-/m1/s1. The van der Waals surface area contributed by atoms with Crippen LogP contribution in [0.2, 0.25) is 0 Å². The van der Waals surface area contributed by atoms with Crippen molar-refractivity contribution in [3.05, 3.63) is 54.6 Å². The first-order chi connectivity index (χ1) is 32.3. The fourth-order valence-corrected chi connectivity index (χ4v) is 10.9. The highest BCUT2D eigenvalue weighted by Gasteiger charge is 2.63. The van der Waals surface area contributed by atoms with E-state index in [0.717, 1.165) is 18.7 Å². The Morgan fingerprint density at radius 3 is 2.26 bits per heavy atom. The van der Waals surface area contributed by atoms with Crippen LogP contribution in [-0.2, 0) is 24.4 Å². The average molecular weight is 982 g/mol. The van der Waals surface area contributed by atoms with Gasteiger partial charge < -0.3 is 34.3 Å². The van der Waals surface area contributed by atoms with Crippen molar-refractivity contribution in [1.29, 1.82) is 0 Å². The van der Waals surface area contributed by atoms with E-state index in [4.69, 9.17) is 23.9 Å². The SMILES string of the molecule is COc1ccc2c(O[C@@H]3C[C@H]4C(=O)N[C@]5(C(=O)NS(=O)(=O)C6(C)CC6)C[C@H]5C=CCC[C@@H](C)C[C@@H](C)[C@H](N(C(=O)O)C(C)(C)C(C)(F)F)C(=O)N4C3)nc(-c3ccc(OC(C)C)cc3)c(OC)c2c1. The molecule has 1 aromatic heterocycles. The first kappa shape index (κ1) is 51.1. The molecule has 7 atom stereocenters. The Balaban J connectivity index is 1.34. The number of fused-ring (bicyclic) bond motifs is 3. The van der Waals surface area contributed by atoms with Crippen molar-refractivity contribution >= 4 is 44.6 Å². The minimum Gasteiger partial charge on any atom is -0.497 e. The number of sulfonamides is 1. The molecule has 2 aromatic carbocycles. The second-order valence-electron chi connectivity index (χ2n) is 20.4. The summed E-state index contributed by atoms with van der Waals surface area (Å²) in [5.41, 5.74) is -3.11. The number of aromatic nitrogens is 1. The van der Waals surface area contributed by atoms with E-state index in [-0.39, 0.29) is 43.7 Å². The fraction of sp³-hybridized carbons (Fsp3) is 0.580. The maximum absolute atomic E-state index is 15.6. The number of pyridine rings is 1. The molecule has 0 bridgehead atoms. The molecule has 4 amide bonds. The van der Waals surface area contributed by atoms with Crippen LogP contribution in [0.15, 0.2) is 54.6 Å². The first-order valence-corrected chi connectivity index (χ1v) is 25.0. The van der Waals surface area contributed by atoms with Gasteiger partial charge in [0.15, 0.2) is 5.75 Å². The molecule has 2 saturated carbocycles. The molecule has 3 aromatic rings. The Kier molecular flexibility index (Phi) is 14.0. The van der Waals surface area contributed by atoms with E-state index >= 15 is 13.6 Å². The minimum atomic E-state index is -4.13. The lowest BCUT2D eigenvalue weighted by Gasteiger charge is -2.47. The molecule has 19 heteroatoms. The molecule has 0 radical (unpaired) electrons. The van der Waals surface area contributed by atoms with Crippen molar-refractivity contribution in [2.24, 2.45) is 17.8 Å². The molecule has 2 aliphatic heterocycles. The van der Waals surface area contributed by atoms with Gasteiger partial charge in [-0.3, -0.25) is 24.0 Å².